The van der Waals surface area contributed by atoms with Crippen molar-refractivity contribution in [2.24, 2.45) is 0 Å². The van der Waals surface area contributed by atoms with Gasteiger partial charge in [0, 0.05) is 12.0 Å². The van der Waals surface area contributed by atoms with Crippen LogP contribution in [0.25, 0.3) is 11.1 Å². The van der Waals surface area contributed by atoms with Crippen molar-refractivity contribution in [3.63, 3.8) is 0 Å². The first-order chi connectivity index (χ1) is 15.9. The molecule has 7 heteroatoms. The molecule has 0 radical (unpaired) electrons. The summed E-state index contributed by atoms with van der Waals surface area (Å²) in [6, 6.07) is 21.8. The van der Waals surface area contributed by atoms with E-state index in [4.69, 9.17) is 9.47 Å². The average molecular weight is 442 g/mol. The first-order valence-electron chi connectivity index (χ1n) is 10.6. The Balaban J connectivity index is 1.28. The van der Waals surface area contributed by atoms with Gasteiger partial charge in [-0.3, -0.25) is 14.5 Å². The van der Waals surface area contributed by atoms with Gasteiger partial charge in [0.25, 0.3) is 5.91 Å². The van der Waals surface area contributed by atoms with Crippen LogP contribution in [0.4, 0.5) is 4.79 Å². The Morgan fingerprint density at radius 1 is 0.939 bits per heavy atom. The van der Waals surface area contributed by atoms with E-state index >= 15 is 0 Å². The predicted molar refractivity (Wildman–Crippen MR) is 121 cm³/mol. The molecule has 0 spiro atoms. The molecule has 7 nitrogen and oxygen atoms in total. The Morgan fingerprint density at radius 3 is 2.39 bits per heavy atom. The van der Waals surface area contributed by atoms with Crippen LogP contribution in [0.5, 0.6) is 11.5 Å². The maximum Gasteiger partial charge on any atom is 0.325 e. The van der Waals surface area contributed by atoms with Crippen LogP contribution in [-0.2, 0) is 11.2 Å². The quantitative estimate of drug-likeness (QED) is 0.463. The Morgan fingerprint density at radius 2 is 1.64 bits per heavy atom. The number of urea groups is 1. The fourth-order valence-electron chi connectivity index (χ4n) is 4.18. The van der Waals surface area contributed by atoms with Crippen molar-refractivity contribution in [3.8, 4) is 22.6 Å². The van der Waals surface area contributed by atoms with Crippen LogP contribution in [0, 0.1) is 0 Å². The van der Waals surface area contributed by atoms with E-state index in [0.29, 0.717) is 17.1 Å². The van der Waals surface area contributed by atoms with Crippen LogP contribution < -0.4 is 14.8 Å². The molecule has 3 aromatic carbocycles. The van der Waals surface area contributed by atoms with Crippen LogP contribution in [-0.4, -0.2) is 41.5 Å². The second kappa shape index (κ2) is 8.09. The molecule has 33 heavy (non-hydrogen) atoms. The highest BCUT2D eigenvalue weighted by atomic mass is 16.7. The first-order valence-corrected chi connectivity index (χ1v) is 10.6. The zero-order valence-corrected chi connectivity index (χ0v) is 18.0. The normalized spacial score (nSPS) is 19.0. The minimum Gasteiger partial charge on any atom is -0.454 e. The SMILES string of the molecule is C[C@@]1(Cc2ccc3c(c2)OCO3)NC(=O)N(CC(=O)c2ccc(-c3ccccc3)cc2)C1=O. The Bertz CT molecular complexity index is 1240. The number of amides is 3. The molecule has 1 saturated heterocycles. The summed E-state index contributed by atoms with van der Waals surface area (Å²) < 4.78 is 10.7. The number of imide groups is 1. The largest absolute Gasteiger partial charge is 0.454 e. The molecule has 2 aliphatic rings. The van der Waals surface area contributed by atoms with Gasteiger partial charge in [-0.1, -0.05) is 60.7 Å². The van der Waals surface area contributed by atoms with E-state index in [2.05, 4.69) is 5.32 Å². The third-order valence-corrected chi connectivity index (χ3v) is 5.96. The third kappa shape index (κ3) is 3.93. The van der Waals surface area contributed by atoms with Gasteiger partial charge in [0.2, 0.25) is 6.79 Å². The van der Waals surface area contributed by atoms with Gasteiger partial charge in [-0.2, -0.15) is 0 Å². The highest BCUT2D eigenvalue weighted by Gasteiger charge is 2.48. The maximum absolute atomic E-state index is 13.1. The second-order valence-electron chi connectivity index (χ2n) is 8.38. The van der Waals surface area contributed by atoms with E-state index < -0.39 is 17.5 Å². The van der Waals surface area contributed by atoms with Gasteiger partial charge in [0.1, 0.15) is 5.54 Å². The summed E-state index contributed by atoms with van der Waals surface area (Å²) >= 11 is 0. The number of benzene rings is 3. The predicted octanol–water partition coefficient (Wildman–Crippen LogP) is 3.82. The molecule has 3 aromatic rings. The van der Waals surface area contributed by atoms with Crippen molar-refractivity contribution in [1.82, 2.24) is 10.2 Å². The lowest BCUT2D eigenvalue weighted by molar-refractivity contribution is -0.130. The van der Waals surface area contributed by atoms with Crippen molar-refractivity contribution >= 4 is 17.7 Å². The van der Waals surface area contributed by atoms with Gasteiger partial charge in [0.05, 0.1) is 6.54 Å². The Kier molecular flexibility index (Phi) is 5.09. The molecule has 0 bridgehead atoms. The number of rotatable bonds is 6. The lowest BCUT2D eigenvalue weighted by atomic mass is 9.92. The van der Waals surface area contributed by atoms with Crippen molar-refractivity contribution < 1.29 is 23.9 Å². The molecule has 1 fully saturated rings. The minimum absolute atomic E-state index is 0.161. The second-order valence-corrected chi connectivity index (χ2v) is 8.38. The number of carbonyl (C=O) groups is 3. The van der Waals surface area contributed by atoms with Crippen molar-refractivity contribution in [1.29, 1.82) is 0 Å². The average Bonchev–Trinajstić information content (AvgIpc) is 3.37. The van der Waals surface area contributed by atoms with E-state index in [1.807, 2.05) is 48.5 Å². The van der Waals surface area contributed by atoms with Crippen LogP contribution in [0.1, 0.15) is 22.8 Å². The van der Waals surface area contributed by atoms with Gasteiger partial charge >= 0.3 is 6.03 Å². The Hall–Kier alpha value is -4.13. The summed E-state index contributed by atoms with van der Waals surface area (Å²) in [5.74, 6) is 0.528. The van der Waals surface area contributed by atoms with Crippen molar-refractivity contribution in [2.45, 2.75) is 18.9 Å². The molecule has 0 aromatic heterocycles. The number of fused-ring (bicyclic) bond motifs is 1. The van der Waals surface area contributed by atoms with Gasteiger partial charge < -0.3 is 14.8 Å². The zero-order valence-electron chi connectivity index (χ0n) is 18.0. The summed E-state index contributed by atoms with van der Waals surface area (Å²) in [6.07, 6.45) is 0.269. The number of ether oxygens (including phenoxy) is 2. The number of hydrogen-bond acceptors (Lipinski definition) is 5. The van der Waals surface area contributed by atoms with Gasteiger partial charge in [-0.15, -0.1) is 0 Å². The standard InChI is InChI=1S/C26H22N2O5/c1-26(14-17-7-12-22-23(13-17)33-16-32-22)24(30)28(25(31)27-26)15-21(29)20-10-8-19(9-11-20)18-5-3-2-4-6-18/h2-13H,14-16H2,1H3,(H,27,31)/t26-/m0/s1. The van der Waals surface area contributed by atoms with E-state index in [0.717, 1.165) is 21.6 Å². The monoisotopic (exact) mass is 442 g/mol. The molecular formula is C26H22N2O5. The number of hydrogen-bond donors (Lipinski definition) is 1. The molecule has 2 heterocycles. The summed E-state index contributed by atoms with van der Waals surface area (Å²) in [7, 11) is 0. The van der Waals surface area contributed by atoms with Gasteiger partial charge in [0.15, 0.2) is 17.3 Å². The molecule has 5 rings (SSSR count). The fourth-order valence-corrected chi connectivity index (χ4v) is 4.18. The molecule has 1 atom stereocenters. The highest BCUT2D eigenvalue weighted by molar-refractivity contribution is 6.11. The van der Waals surface area contributed by atoms with Crippen LogP contribution in [0.2, 0.25) is 0 Å². The number of carbonyl (C=O) groups excluding carboxylic acids is 3. The third-order valence-electron chi connectivity index (χ3n) is 5.96. The van der Waals surface area contributed by atoms with E-state index in [1.165, 1.54) is 0 Å². The van der Waals surface area contributed by atoms with Gasteiger partial charge in [-0.25, -0.2) is 4.79 Å². The van der Waals surface area contributed by atoms with Crippen molar-refractivity contribution in [3.05, 3.63) is 83.9 Å². The van der Waals surface area contributed by atoms with E-state index in [1.54, 1.807) is 31.2 Å². The summed E-state index contributed by atoms with van der Waals surface area (Å²) in [4.78, 5) is 39.5. The van der Waals surface area contributed by atoms with E-state index in [9.17, 15) is 14.4 Å². The van der Waals surface area contributed by atoms with E-state index in [-0.39, 0.29) is 25.5 Å². The highest BCUT2D eigenvalue weighted by Crippen LogP contribution is 2.34. The lowest BCUT2D eigenvalue weighted by Crippen LogP contribution is -2.46. The molecule has 0 saturated carbocycles. The Labute approximate surface area is 190 Å². The van der Waals surface area contributed by atoms with Crippen LogP contribution >= 0.6 is 0 Å². The zero-order chi connectivity index (χ0) is 23.0. The molecule has 2 aliphatic heterocycles. The fraction of sp³-hybridized carbons (Fsp3) is 0.192. The molecule has 0 unspecified atom stereocenters. The molecule has 1 N–H and O–H groups in total. The molecule has 166 valence electrons. The number of Topliss-reactive ketones (excluding diaryl/α,β-unsaturated/α-hetero) is 1. The molecular weight excluding hydrogens is 420 g/mol. The number of nitrogens with zero attached hydrogens (tertiary/aromatic N) is 1. The number of ketones is 1. The summed E-state index contributed by atoms with van der Waals surface area (Å²) in [5.41, 5.74) is 2.14. The topological polar surface area (TPSA) is 84.9 Å². The lowest BCUT2D eigenvalue weighted by Gasteiger charge is -2.21. The summed E-state index contributed by atoms with van der Waals surface area (Å²) in [5, 5.41) is 2.75. The first kappa shape index (κ1) is 20.8. The number of nitrogens with one attached hydrogen (secondary N) is 1. The minimum atomic E-state index is -1.15. The van der Waals surface area contributed by atoms with Gasteiger partial charge in [-0.05, 0) is 35.7 Å². The maximum atomic E-state index is 13.1. The van der Waals surface area contributed by atoms with Crippen LogP contribution in [0.3, 0.4) is 0 Å². The van der Waals surface area contributed by atoms with Crippen molar-refractivity contribution in [2.75, 3.05) is 13.3 Å². The van der Waals surface area contributed by atoms with Crippen LogP contribution in [0.15, 0.2) is 72.8 Å². The smallest absolute Gasteiger partial charge is 0.325 e. The summed E-state index contributed by atoms with van der Waals surface area (Å²) in [6.45, 7) is 1.51. The molecule has 0 aliphatic carbocycles. The molecule has 3 amide bonds.